The van der Waals surface area contributed by atoms with Crippen LogP contribution in [0.25, 0.3) is 0 Å². The molecule has 2 rings (SSSR count). The van der Waals surface area contributed by atoms with Crippen LogP contribution in [0.2, 0.25) is 0 Å². The number of anilines is 1. The molecule has 5 nitrogen and oxygen atoms in total. The number of nitrogens with zero attached hydrogens (tertiary/aromatic N) is 3. The van der Waals surface area contributed by atoms with Gasteiger partial charge in [-0.25, -0.2) is 9.97 Å². The zero-order valence-electron chi connectivity index (χ0n) is 10.8. The van der Waals surface area contributed by atoms with Gasteiger partial charge in [0.2, 0.25) is 0 Å². The second-order valence-corrected chi connectivity index (χ2v) is 4.14. The molecule has 0 bridgehead atoms. The molecule has 0 aliphatic carbocycles. The number of hydrogen-bond acceptors (Lipinski definition) is 5. The van der Waals surface area contributed by atoms with Crippen LogP contribution in [0.15, 0.2) is 61.0 Å². The Balaban J connectivity index is 1.96. The molecular formula is C14H16N4O. The van der Waals surface area contributed by atoms with Crippen LogP contribution in [0.5, 0.6) is 5.75 Å². The third kappa shape index (κ3) is 3.45. The molecule has 1 aromatic heterocycles. The van der Waals surface area contributed by atoms with Crippen molar-refractivity contribution in [3.05, 3.63) is 61.0 Å². The number of ether oxygens (including phenoxy) is 1. The number of rotatable bonds is 4. The van der Waals surface area contributed by atoms with Crippen LogP contribution in [0, 0.1) is 0 Å². The van der Waals surface area contributed by atoms with E-state index in [0.29, 0.717) is 18.2 Å². The maximum absolute atomic E-state index is 5.67. The highest BCUT2D eigenvalue weighted by molar-refractivity contribution is 5.42. The van der Waals surface area contributed by atoms with Gasteiger partial charge in [0.15, 0.2) is 11.6 Å². The SMILES string of the molecule is C=C1C=CC=CN1/C=C(\C)COc1cncnc1N. The predicted molar refractivity (Wildman–Crippen MR) is 75.0 cm³/mol. The van der Waals surface area contributed by atoms with Gasteiger partial charge in [0.05, 0.1) is 6.20 Å². The summed E-state index contributed by atoms with van der Waals surface area (Å²) in [6.45, 7) is 6.33. The summed E-state index contributed by atoms with van der Waals surface area (Å²) in [5, 5.41) is 0. The molecule has 1 aliphatic heterocycles. The third-order valence-electron chi connectivity index (χ3n) is 2.50. The number of nitrogens with two attached hydrogens (primary N) is 1. The van der Waals surface area contributed by atoms with Gasteiger partial charge in [-0.1, -0.05) is 12.7 Å². The van der Waals surface area contributed by atoms with E-state index >= 15 is 0 Å². The van der Waals surface area contributed by atoms with Gasteiger partial charge in [-0.05, 0) is 24.6 Å². The Bertz CT molecular complexity index is 560. The van der Waals surface area contributed by atoms with Crippen LogP contribution in [-0.4, -0.2) is 21.5 Å². The van der Waals surface area contributed by atoms with Gasteiger partial charge < -0.3 is 15.4 Å². The minimum atomic E-state index is 0.341. The van der Waals surface area contributed by atoms with Crippen molar-refractivity contribution in [2.45, 2.75) is 6.92 Å². The summed E-state index contributed by atoms with van der Waals surface area (Å²) >= 11 is 0. The van der Waals surface area contributed by atoms with E-state index in [0.717, 1.165) is 11.3 Å². The first-order valence-corrected chi connectivity index (χ1v) is 5.84. The fourth-order valence-corrected chi connectivity index (χ4v) is 1.52. The minimum Gasteiger partial charge on any atom is -0.484 e. The highest BCUT2D eigenvalue weighted by Crippen LogP contribution is 2.17. The summed E-state index contributed by atoms with van der Waals surface area (Å²) in [6, 6.07) is 0. The van der Waals surface area contributed by atoms with Crippen molar-refractivity contribution >= 4 is 5.82 Å². The summed E-state index contributed by atoms with van der Waals surface area (Å²) in [5.41, 5.74) is 7.61. The second kappa shape index (κ2) is 5.86. The van der Waals surface area contributed by atoms with Gasteiger partial charge >= 0.3 is 0 Å². The fraction of sp³-hybridized carbons (Fsp3) is 0.143. The van der Waals surface area contributed by atoms with E-state index in [1.54, 1.807) is 6.20 Å². The summed E-state index contributed by atoms with van der Waals surface area (Å²) in [7, 11) is 0. The molecule has 0 aromatic carbocycles. The van der Waals surface area contributed by atoms with Gasteiger partial charge in [-0.2, -0.15) is 0 Å². The summed E-state index contributed by atoms with van der Waals surface area (Å²) in [4.78, 5) is 9.67. The molecule has 2 N–H and O–H groups in total. The van der Waals surface area contributed by atoms with E-state index in [-0.39, 0.29) is 0 Å². The Morgan fingerprint density at radius 2 is 2.37 bits per heavy atom. The van der Waals surface area contributed by atoms with Crippen molar-refractivity contribution in [1.82, 2.24) is 14.9 Å². The lowest BCUT2D eigenvalue weighted by Gasteiger charge is -2.19. The van der Waals surface area contributed by atoms with Gasteiger partial charge in [-0.3, -0.25) is 0 Å². The van der Waals surface area contributed by atoms with Crippen LogP contribution in [0.1, 0.15) is 6.92 Å². The van der Waals surface area contributed by atoms with Crippen molar-refractivity contribution in [3.63, 3.8) is 0 Å². The smallest absolute Gasteiger partial charge is 0.180 e. The molecule has 2 heterocycles. The first-order chi connectivity index (χ1) is 9.16. The Hall–Kier alpha value is -2.56. The van der Waals surface area contributed by atoms with E-state index in [4.69, 9.17) is 10.5 Å². The largest absolute Gasteiger partial charge is 0.484 e. The van der Waals surface area contributed by atoms with E-state index in [1.807, 2.05) is 42.5 Å². The first kappa shape index (κ1) is 12.9. The molecule has 19 heavy (non-hydrogen) atoms. The maximum atomic E-state index is 5.67. The molecule has 0 radical (unpaired) electrons. The number of nitrogen functional groups attached to an aromatic ring is 1. The number of allylic oxidation sites excluding steroid dienone is 3. The van der Waals surface area contributed by atoms with Gasteiger partial charge in [0.25, 0.3) is 0 Å². The number of hydrogen-bond donors (Lipinski definition) is 1. The lowest BCUT2D eigenvalue weighted by Crippen LogP contribution is -2.11. The molecule has 0 saturated carbocycles. The van der Waals surface area contributed by atoms with Gasteiger partial charge in [0, 0.05) is 18.1 Å². The van der Waals surface area contributed by atoms with Crippen LogP contribution in [0.3, 0.4) is 0 Å². The standard InChI is InChI=1S/C14H16N4O/c1-11(8-18-6-4-3-5-12(18)2)9-19-13-7-16-10-17-14(13)15/h3-8,10H,2,9H2,1H3,(H2,15,16,17)/b11-8+. The van der Waals surface area contributed by atoms with Crippen molar-refractivity contribution in [2.24, 2.45) is 0 Å². The molecule has 0 amide bonds. The quantitative estimate of drug-likeness (QED) is 0.895. The highest BCUT2D eigenvalue weighted by Gasteiger charge is 2.04. The van der Waals surface area contributed by atoms with Crippen molar-refractivity contribution < 1.29 is 4.74 Å². The first-order valence-electron chi connectivity index (χ1n) is 5.84. The lowest BCUT2D eigenvalue weighted by molar-refractivity contribution is 0.349. The van der Waals surface area contributed by atoms with Crippen LogP contribution in [0.4, 0.5) is 5.82 Å². The third-order valence-corrected chi connectivity index (χ3v) is 2.50. The Morgan fingerprint density at radius 3 is 3.11 bits per heavy atom. The molecule has 0 saturated heterocycles. The number of aromatic nitrogens is 2. The maximum Gasteiger partial charge on any atom is 0.180 e. The normalized spacial score (nSPS) is 14.9. The lowest BCUT2D eigenvalue weighted by atomic mass is 10.2. The van der Waals surface area contributed by atoms with Crippen LogP contribution in [-0.2, 0) is 0 Å². The average molecular weight is 256 g/mol. The molecule has 1 aromatic rings. The van der Waals surface area contributed by atoms with E-state index in [1.165, 1.54) is 6.33 Å². The molecule has 0 spiro atoms. The zero-order chi connectivity index (χ0) is 13.7. The molecule has 5 heteroatoms. The molecule has 0 atom stereocenters. The van der Waals surface area contributed by atoms with Crippen molar-refractivity contribution in [1.29, 1.82) is 0 Å². The minimum absolute atomic E-state index is 0.341. The molecule has 0 fully saturated rings. The Labute approximate surface area is 112 Å². The molecule has 98 valence electrons. The molecule has 0 unspecified atom stereocenters. The Morgan fingerprint density at radius 1 is 1.53 bits per heavy atom. The zero-order valence-corrected chi connectivity index (χ0v) is 10.8. The monoisotopic (exact) mass is 256 g/mol. The van der Waals surface area contributed by atoms with Gasteiger partial charge in [0.1, 0.15) is 12.9 Å². The second-order valence-electron chi connectivity index (χ2n) is 4.14. The van der Waals surface area contributed by atoms with E-state index < -0.39 is 0 Å². The highest BCUT2D eigenvalue weighted by atomic mass is 16.5. The molecule has 1 aliphatic rings. The predicted octanol–water partition coefficient (Wildman–Crippen LogP) is 2.24. The van der Waals surface area contributed by atoms with E-state index in [2.05, 4.69) is 16.5 Å². The van der Waals surface area contributed by atoms with Gasteiger partial charge in [-0.15, -0.1) is 0 Å². The summed E-state index contributed by atoms with van der Waals surface area (Å²) < 4.78 is 5.56. The Kier molecular flexibility index (Phi) is 3.97. The fourth-order valence-electron chi connectivity index (χ4n) is 1.52. The van der Waals surface area contributed by atoms with E-state index in [9.17, 15) is 0 Å². The van der Waals surface area contributed by atoms with Crippen molar-refractivity contribution in [3.8, 4) is 5.75 Å². The topological polar surface area (TPSA) is 64.3 Å². The van der Waals surface area contributed by atoms with Crippen LogP contribution < -0.4 is 10.5 Å². The van der Waals surface area contributed by atoms with Crippen LogP contribution >= 0.6 is 0 Å². The summed E-state index contributed by atoms with van der Waals surface area (Å²) in [6.07, 6.45) is 12.7. The summed E-state index contributed by atoms with van der Waals surface area (Å²) in [5.74, 6) is 0.830. The van der Waals surface area contributed by atoms with Crippen molar-refractivity contribution in [2.75, 3.05) is 12.3 Å². The molecular weight excluding hydrogens is 240 g/mol. The average Bonchev–Trinajstić information content (AvgIpc) is 2.40.